The van der Waals surface area contributed by atoms with Gasteiger partial charge in [-0.15, -0.1) is 0 Å². The summed E-state index contributed by atoms with van der Waals surface area (Å²) in [6.45, 7) is 1.98. The molecule has 0 aromatic carbocycles. The van der Waals surface area contributed by atoms with Crippen LogP contribution < -0.4 is 10.9 Å². The van der Waals surface area contributed by atoms with Gasteiger partial charge in [-0.3, -0.25) is 9.78 Å². The average Bonchev–Trinajstić information content (AvgIpc) is 2.56. The molecule has 2 rings (SSSR count). The van der Waals surface area contributed by atoms with Crippen LogP contribution in [0.1, 0.15) is 18.0 Å². The second-order valence-corrected chi connectivity index (χ2v) is 3.04. The van der Waals surface area contributed by atoms with Crippen molar-refractivity contribution in [3.05, 3.63) is 28.4 Å². The smallest absolute Gasteiger partial charge is 0.266 e. The lowest BCUT2D eigenvalue weighted by molar-refractivity contribution is 0.724. The molecule has 1 aliphatic heterocycles. The fraction of sp³-hybridized carbons (Fsp3) is 0.500. The second kappa shape index (κ2) is 3.06. The fourth-order valence-electron chi connectivity index (χ4n) is 1.52. The number of aromatic amines is 1. The largest absolute Gasteiger partial charge is 0.323 e. The Balaban J connectivity index is 2.27. The summed E-state index contributed by atoms with van der Waals surface area (Å²) < 4.78 is 0. The highest BCUT2D eigenvalue weighted by Gasteiger charge is 2.16. The number of H-pyrrole nitrogens is 1. The number of nitrogens with zero attached hydrogens (tertiary/aromatic N) is 1. The molecule has 2 heterocycles. The Hall–Kier alpha value is -1.16. The van der Waals surface area contributed by atoms with Gasteiger partial charge in [0.2, 0.25) is 0 Å². The summed E-state index contributed by atoms with van der Waals surface area (Å²) in [7, 11) is 0. The lowest BCUT2D eigenvalue weighted by Crippen LogP contribution is -2.14. The highest BCUT2D eigenvalue weighted by atomic mass is 16.1. The van der Waals surface area contributed by atoms with E-state index in [1.807, 2.05) is 0 Å². The van der Waals surface area contributed by atoms with Crippen LogP contribution in [0.4, 0.5) is 0 Å². The van der Waals surface area contributed by atoms with Crippen LogP contribution in [0.5, 0.6) is 0 Å². The third-order valence-electron chi connectivity index (χ3n) is 2.17. The quantitative estimate of drug-likeness (QED) is 0.608. The predicted octanol–water partition coefficient (Wildman–Crippen LogP) is -0.153. The number of rotatable bonds is 1. The first-order valence-corrected chi connectivity index (χ1v) is 4.11. The molecule has 4 heteroatoms. The van der Waals surface area contributed by atoms with Gasteiger partial charge in [-0.25, -0.2) is 0 Å². The van der Waals surface area contributed by atoms with E-state index in [4.69, 9.17) is 0 Å². The van der Waals surface area contributed by atoms with E-state index in [0.29, 0.717) is 5.92 Å². The van der Waals surface area contributed by atoms with E-state index < -0.39 is 0 Å². The molecule has 0 bridgehead atoms. The molecule has 1 aliphatic rings. The molecular weight excluding hydrogens is 154 g/mol. The molecule has 0 radical (unpaired) electrons. The van der Waals surface area contributed by atoms with E-state index in [9.17, 15) is 4.79 Å². The van der Waals surface area contributed by atoms with Gasteiger partial charge in [-0.05, 0) is 13.0 Å². The summed E-state index contributed by atoms with van der Waals surface area (Å²) in [5.41, 5.74) is 0.840. The summed E-state index contributed by atoms with van der Waals surface area (Å²) in [6.07, 6.45) is 4.12. The monoisotopic (exact) mass is 165 g/mol. The van der Waals surface area contributed by atoms with Gasteiger partial charge in [0.1, 0.15) is 0 Å². The summed E-state index contributed by atoms with van der Waals surface area (Å²) in [5, 5.41) is 3.24. The minimum atomic E-state index is -0.112. The normalized spacial score (nSPS) is 22.8. The molecule has 1 fully saturated rings. The average molecular weight is 165 g/mol. The third kappa shape index (κ3) is 1.38. The molecule has 1 aromatic heterocycles. The van der Waals surface area contributed by atoms with Crippen molar-refractivity contribution in [2.75, 3.05) is 13.1 Å². The molecule has 1 atom stereocenters. The highest BCUT2D eigenvalue weighted by Crippen LogP contribution is 2.17. The standard InChI is InChI=1S/C8H11N3O/c12-8-5-10-4-7(11-8)6-1-2-9-3-6/h4-6,9H,1-3H2,(H,11,12). The minimum Gasteiger partial charge on any atom is -0.323 e. The summed E-state index contributed by atoms with van der Waals surface area (Å²) in [4.78, 5) is 17.6. The molecule has 0 aliphatic carbocycles. The van der Waals surface area contributed by atoms with Gasteiger partial charge < -0.3 is 10.3 Å². The van der Waals surface area contributed by atoms with Crippen molar-refractivity contribution in [2.45, 2.75) is 12.3 Å². The third-order valence-corrected chi connectivity index (χ3v) is 2.17. The summed E-state index contributed by atoms with van der Waals surface area (Å²) in [5.74, 6) is 0.436. The Bertz CT molecular complexity index is 314. The lowest BCUT2D eigenvalue weighted by Gasteiger charge is -2.05. The van der Waals surface area contributed by atoms with E-state index in [2.05, 4.69) is 15.3 Å². The molecule has 0 spiro atoms. The van der Waals surface area contributed by atoms with Gasteiger partial charge in [0.05, 0.1) is 6.20 Å². The zero-order chi connectivity index (χ0) is 8.39. The maximum atomic E-state index is 10.9. The van der Waals surface area contributed by atoms with E-state index in [1.54, 1.807) is 6.20 Å². The van der Waals surface area contributed by atoms with Crippen molar-refractivity contribution in [3.63, 3.8) is 0 Å². The zero-order valence-electron chi connectivity index (χ0n) is 6.71. The maximum absolute atomic E-state index is 10.9. The summed E-state index contributed by atoms with van der Waals surface area (Å²) in [6, 6.07) is 0. The van der Waals surface area contributed by atoms with Crippen LogP contribution >= 0.6 is 0 Å². The maximum Gasteiger partial charge on any atom is 0.266 e. The van der Waals surface area contributed by atoms with Gasteiger partial charge >= 0.3 is 0 Å². The Labute approximate surface area is 70.0 Å². The topological polar surface area (TPSA) is 57.8 Å². The van der Waals surface area contributed by atoms with Crippen molar-refractivity contribution in [2.24, 2.45) is 0 Å². The predicted molar refractivity (Wildman–Crippen MR) is 45.1 cm³/mol. The number of hydrogen-bond donors (Lipinski definition) is 2. The van der Waals surface area contributed by atoms with Crippen LogP contribution in [0.2, 0.25) is 0 Å². The Kier molecular flexibility index (Phi) is 1.91. The van der Waals surface area contributed by atoms with Gasteiger partial charge in [0.25, 0.3) is 5.56 Å². The molecule has 1 aromatic rings. The minimum absolute atomic E-state index is 0.112. The van der Waals surface area contributed by atoms with Gasteiger partial charge in [-0.2, -0.15) is 0 Å². The first kappa shape index (κ1) is 7.49. The van der Waals surface area contributed by atoms with E-state index in [-0.39, 0.29) is 5.56 Å². The van der Waals surface area contributed by atoms with Gasteiger partial charge in [0.15, 0.2) is 0 Å². The molecule has 0 saturated carbocycles. The Morgan fingerprint density at radius 2 is 2.42 bits per heavy atom. The van der Waals surface area contributed by atoms with E-state index in [1.165, 1.54) is 6.20 Å². The molecule has 12 heavy (non-hydrogen) atoms. The first-order valence-electron chi connectivity index (χ1n) is 4.11. The van der Waals surface area contributed by atoms with Gasteiger partial charge in [-0.1, -0.05) is 0 Å². The lowest BCUT2D eigenvalue weighted by atomic mass is 10.1. The second-order valence-electron chi connectivity index (χ2n) is 3.04. The number of nitrogens with one attached hydrogen (secondary N) is 2. The van der Waals surface area contributed by atoms with Crippen LogP contribution in [-0.2, 0) is 0 Å². The number of hydrogen-bond acceptors (Lipinski definition) is 3. The molecule has 64 valence electrons. The Morgan fingerprint density at radius 3 is 3.08 bits per heavy atom. The Morgan fingerprint density at radius 1 is 1.50 bits per heavy atom. The molecule has 4 nitrogen and oxygen atoms in total. The molecule has 1 saturated heterocycles. The van der Waals surface area contributed by atoms with Gasteiger partial charge in [0, 0.05) is 24.4 Å². The summed E-state index contributed by atoms with van der Waals surface area (Å²) >= 11 is 0. The van der Waals surface area contributed by atoms with Crippen molar-refractivity contribution in [3.8, 4) is 0 Å². The highest BCUT2D eigenvalue weighted by molar-refractivity contribution is 5.06. The van der Waals surface area contributed by atoms with Crippen LogP contribution in [0, 0.1) is 0 Å². The van der Waals surface area contributed by atoms with Crippen LogP contribution in [0.3, 0.4) is 0 Å². The van der Waals surface area contributed by atoms with Crippen molar-refractivity contribution in [1.82, 2.24) is 15.3 Å². The van der Waals surface area contributed by atoms with Crippen LogP contribution in [-0.4, -0.2) is 23.1 Å². The van der Waals surface area contributed by atoms with Crippen LogP contribution in [0.25, 0.3) is 0 Å². The molecular formula is C8H11N3O. The number of aromatic nitrogens is 2. The molecule has 1 unspecified atom stereocenters. The fourth-order valence-corrected chi connectivity index (χ4v) is 1.52. The van der Waals surface area contributed by atoms with Crippen molar-refractivity contribution >= 4 is 0 Å². The van der Waals surface area contributed by atoms with E-state index in [0.717, 1.165) is 25.2 Å². The van der Waals surface area contributed by atoms with Crippen molar-refractivity contribution in [1.29, 1.82) is 0 Å². The zero-order valence-corrected chi connectivity index (χ0v) is 6.71. The molecule has 0 amide bonds. The van der Waals surface area contributed by atoms with Crippen LogP contribution in [0.15, 0.2) is 17.2 Å². The SMILES string of the molecule is O=c1cncc(C2CCNC2)[nH]1. The van der Waals surface area contributed by atoms with E-state index >= 15 is 0 Å². The van der Waals surface area contributed by atoms with Crippen molar-refractivity contribution < 1.29 is 0 Å². The first-order chi connectivity index (χ1) is 5.86. The molecule has 2 N–H and O–H groups in total.